The van der Waals surface area contributed by atoms with Gasteiger partial charge < -0.3 is 19.9 Å². The van der Waals surface area contributed by atoms with E-state index in [-0.39, 0.29) is 21.4 Å². The summed E-state index contributed by atoms with van der Waals surface area (Å²) in [6.45, 7) is 1.71. The van der Waals surface area contributed by atoms with Crippen molar-refractivity contribution in [3.63, 3.8) is 0 Å². The van der Waals surface area contributed by atoms with Crippen LogP contribution in [-0.2, 0) is 9.59 Å². The highest BCUT2D eigenvalue weighted by molar-refractivity contribution is 6.37. The molecular weight excluding hydrogens is 419 g/mol. The standard InChI is InChI=1S/C20H16Cl2N2O5/c1-2-28-15-5-3-4-14(9-15)24-20(27)13(10-23)6-12-7-16(21)19(17(22)8-12)29-11-18(25)26/h3-9H,2,11H2,1H3,(H,24,27)(H,25,26)/b13-6-. The van der Waals surface area contributed by atoms with Gasteiger partial charge in [-0.2, -0.15) is 5.26 Å². The normalized spacial score (nSPS) is 10.8. The highest BCUT2D eigenvalue weighted by atomic mass is 35.5. The molecule has 29 heavy (non-hydrogen) atoms. The Labute approximate surface area is 177 Å². The smallest absolute Gasteiger partial charge is 0.341 e. The van der Waals surface area contributed by atoms with Gasteiger partial charge in [-0.3, -0.25) is 4.79 Å². The lowest BCUT2D eigenvalue weighted by atomic mass is 10.1. The van der Waals surface area contributed by atoms with Gasteiger partial charge in [0.1, 0.15) is 17.4 Å². The molecule has 0 radical (unpaired) electrons. The number of nitrogens with zero attached hydrogens (tertiary/aromatic N) is 1. The van der Waals surface area contributed by atoms with E-state index in [2.05, 4.69) is 5.32 Å². The van der Waals surface area contributed by atoms with Gasteiger partial charge in [-0.1, -0.05) is 29.3 Å². The van der Waals surface area contributed by atoms with Crippen molar-refractivity contribution in [1.29, 1.82) is 5.26 Å². The Morgan fingerprint density at radius 2 is 1.90 bits per heavy atom. The fourth-order valence-electron chi connectivity index (χ4n) is 2.28. The van der Waals surface area contributed by atoms with E-state index >= 15 is 0 Å². The van der Waals surface area contributed by atoms with Gasteiger partial charge in [0.2, 0.25) is 0 Å². The number of carbonyl (C=O) groups is 2. The number of anilines is 1. The molecule has 2 aromatic rings. The Balaban J connectivity index is 2.22. The SMILES string of the molecule is CCOc1cccc(NC(=O)/C(C#N)=C\c2cc(Cl)c(OCC(=O)O)c(Cl)c2)c1. The van der Waals surface area contributed by atoms with Crippen LogP contribution < -0.4 is 14.8 Å². The molecule has 0 saturated heterocycles. The second-order valence-electron chi connectivity index (χ2n) is 5.58. The summed E-state index contributed by atoms with van der Waals surface area (Å²) in [4.78, 5) is 23.1. The minimum absolute atomic E-state index is 0.00332. The first-order valence-corrected chi connectivity index (χ1v) is 9.09. The molecule has 9 heteroatoms. The Bertz CT molecular complexity index is 976. The van der Waals surface area contributed by atoms with Crippen molar-refractivity contribution < 1.29 is 24.2 Å². The number of carboxylic acid groups (broad SMARTS) is 1. The zero-order valence-electron chi connectivity index (χ0n) is 15.2. The molecule has 2 N–H and O–H groups in total. The van der Waals surface area contributed by atoms with E-state index in [9.17, 15) is 14.9 Å². The van der Waals surface area contributed by atoms with Crippen molar-refractivity contribution >= 4 is 46.8 Å². The van der Waals surface area contributed by atoms with Crippen LogP contribution in [0.2, 0.25) is 10.0 Å². The average molecular weight is 435 g/mol. The van der Waals surface area contributed by atoms with Crippen LogP contribution in [0.5, 0.6) is 11.5 Å². The molecule has 1 amide bonds. The summed E-state index contributed by atoms with van der Waals surface area (Å²) in [7, 11) is 0. The van der Waals surface area contributed by atoms with Gasteiger partial charge in [-0.25, -0.2) is 4.79 Å². The molecule has 150 valence electrons. The number of hydrogen-bond donors (Lipinski definition) is 2. The highest BCUT2D eigenvalue weighted by Crippen LogP contribution is 2.35. The van der Waals surface area contributed by atoms with E-state index in [0.717, 1.165) is 0 Å². The Morgan fingerprint density at radius 1 is 1.21 bits per heavy atom. The van der Waals surface area contributed by atoms with E-state index in [4.69, 9.17) is 37.8 Å². The van der Waals surface area contributed by atoms with Crippen LogP contribution in [0.4, 0.5) is 5.69 Å². The molecule has 0 bridgehead atoms. The lowest BCUT2D eigenvalue weighted by Crippen LogP contribution is -2.13. The molecule has 0 aliphatic heterocycles. The first-order chi connectivity index (χ1) is 13.8. The summed E-state index contributed by atoms with van der Waals surface area (Å²) in [5.74, 6) is -1.22. The number of aliphatic carboxylic acids is 1. The molecule has 0 spiro atoms. The quantitative estimate of drug-likeness (QED) is 0.470. The number of amides is 1. The summed E-state index contributed by atoms with van der Waals surface area (Å²) >= 11 is 12.1. The number of halogens is 2. The van der Waals surface area contributed by atoms with E-state index in [1.54, 1.807) is 24.3 Å². The van der Waals surface area contributed by atoms with Crippen molar-refractivity contribution in [1.82, 2.24) is 0 Å². The first kappa shape index (κ1) is 22.1. The van der Waals surface area contributed by atoms with E-state index in [1.165, 1.54) is 18.2 Å². The molecule has 2 rings (SSSR count). The Hall–Kier alpha value is -3.21. The molecule has 0 aliphatic rings. The zero-order valence-corrected chi connectivity index (χ0v) is 16.8. The van der Waals surface area contributed by atoms with Crippen LogP contribution in [0.15, 0.2) is 42.0 Å². The number of benzene rings is 2. The molecule has 0 atom stereocenters. The number of carboxylic acids is 1. The largest absolute Gasteiger partial charge is 0.494 e. The van der Waals surface area contributed by atoms with E-state index in [0.29, 0.717) is 23.6 Å². The maximum Gasteiger partial charge on any atom is 0.341 e. The maximum atomic E-state index is 12.4. The molecule has 0 saturated carbocycles. The molecule has 0 aromatic heterocycles. The average Bonchev–Trinajstić information content (AvgIpc) is 2.65. The maximum absolute atomic E-state index is 12.4. The van der Waals surface area contributed by atoms with Gasteiger partial charge in [-0.15, -0.1) is 0 Å². The van der Waals surface area contributed by atoms with E-state index in [1.807, 2.05) is 13.0 Å². The molecule has 0 fully saturated rings. The number of nitrogens with one attached hydrogen (secondary N) is 1. The van der Waals surface area contributed by atoms with Crippen molar-refractivity contribution in [3.8, 4) is 17.6 Å². The van der Waals surface area contributed by atoms with Crippen LogP contribution >= 0.6 is 23.2 Å². The third kappa shape index (κ3) is 6.42. The second kappa shape index (κ2) is 10.4. The predicted octanol–water partition coefficient (Wildman–Crippen LogP) is 4.40. The molecule has 0 aliphatic carbocycles. The van der Waals surface area contributed by atoms with Crippen molar-refractivity contribution in [3.05, 3.63) is 57.6 Å². The summed E-state index contributed by atoms with van der Waals surface area (Å²) < 4.78 is 10.4. The summed E-state index contributed by atoms with van der Waals surface area (Å²) in [6, 6.07) is 11.4. The summed E-state index contributed by atoms with van der Waals surface area (Å²) in [5.41, 5.74) is 0.658. The minimum atomic E-state index is -1.18. The van der Waals surface area contributed by atoms with Crippen LogP contribution in [0.1, 0.15) is 12.5 Å². The van der Waals surface area contributed by atoms with E-state index < -0.39 is 18.5 Å². The van der Waals surface area contributed by atoms with Crippen LogP contribution in [0, 0.1) is 11.3 Å². The zero-order chi connectivity index (χ0) is 21.4. The number of ether oxygens (including phenoxy) is 2. The number of nitriles is 1. The fourth-order valence-corrected chi connectivity index (χ4v) is 2.89. The predicted molar refractivity (Wildman–Crippen MR) is 109 cm³/mol. The van der Waals surface area contributed by atoms with Gasteiger partial charge in [0.15, 0.2) is 12.4 Å². The summed E-state index contributed by atoms with van der Waals surface area (Å²) in [6.07, 6.45) is 1.31. The third-order valence-corrected chi connectivity index (χ3v) is 4.00. The lowest BCUT2D eigenvalue weighted by Gasteiger charge is -2.10. The Kier molecular flexibility index (Phi) is 7.89. The van der Waals surface area contributed by atoms with Gasteiger partial charge in [0, 0.05) is 11.8 Å². The number of rotatable bonds is 8. The Morgan fingerprint density at radius 3 is 2.48 bits per heavy atom. The number of carbonyl (C=O) groups excluding carboxylic acids is 1. The van der Waals surface area contributed by atoms with Crippen LogP contribution in [-0.4, -0.2) is 30.2 Å². The van der Waals surface area contributed by atoms with Gasteiger partial charge in [0.25, 0.3) is 5.91 Å². The monoisotopic (exact) mass is 434 g/mol. The first-order valence-electron chi connectivity index (χ1n) is 8.33. The van der Waals surface area contributed by atoms with Crippen LogP contribution in [0.25, 0.3) is 6.08 Å². The van der Waals surface area contributed by atoms with Crippen molar-refractivity contribution in [2.75, 3.05) is 18.5 Å². The van der Waals surface area contributed by atoms with Gasteiger partial charge in [-0.05, 0) is 42.8 Å². The topological polar surface area (TPSA) is 109 Å². The minimum Gasteiger partial charge on any atom is -0.494 e. The van der Waals surface area contributed by atoms with Gasteiger partial charge >= 0.3 is 5.97 Å². The summed E-state index contributed by atoms with van der Waals surface area (Å²) in [5, 5.41) is 20.8. The van der Waals surface area contributed by atoms with Crippen molar-refractivity contribution in [2.24, 2.45) is 0 Å². The molecule has 0 heterocycles. The second-order valence-corrected chi connectivity index (χ2v) is 6.40. The fraction of sp³-hybridized carbons (Fsp3) is 0.150. The molecule has 0 unspecified atom stereocenters. The highest BCUT2D eigenvalue weighted by Gasteiger charge is 2.14. The molecular formula is C20H16Cl2N2O5. The van der Waals surface area contributed by atoms with Crippen LogP contribution in [0.3, 0.4) is 0 Å². The van der Waals surface area contributed by atoms with Gasteiger partial charge in [0.05, 0.1) is 16.7 Å². The molecule has 7 nitrogen and oxygen atoms in total. The third-order valence-electron chi connectivity index (χ3n) is 3.44. The lowest BCUT2D eigenvalue weighted by molar-refractivity contribution is -0.139. The number of hydrogen-bond acceptors (Lipinski definition) is 5. The molecule has 2 aromatic carbocycles. The van der Waals surface area contributed by atoms with Crippen molar-refractivity contribution in [2.45, 2.75) is 6.92 Å².